The average molecular weight is 282 g/mol. The lowest BCUT2D eigenvalue weighted by molar-refractivity contribution is 0.0943. The molecule has 0 aliphatic heterocycles. The quantitative estimate of drug-likeness (QED) is 0.790. The van der Waals surface area contributed by atoms with Crippen LogP contribution >= 0.6 is 0 Å². The number of hydrogen-bond donors (Lipinski definition) is 1. The van der Waals surface area contributed by atoms with Crippen molar-refractivity contribution in [2.75, 3.05) is 7.11 Å². The summed E-state index contributed by atoms with van der Waals surface area (Å²) in [4.78, 5) is 16.4. The summed E-state index contributed by atoms with van der Waals surface area (Å²) in [5.74, 6) is 0.536. The number of ether oxygens (including phenoxy) is 1. The van der Waals surface area contributed by atoms with Crippen molar-refractivity contribution in [3.63, 3.8) is 0 Å². The number of aromatic nitrogens is 3. The molecule has 0 fully saturated rings. The van der Waals surface area contributed by atoms with Crippen LogP contribution in [0.25, 0.3) is 5.65 Å². The van der Waals surface area contributed by atoms with E-state index < -0.39 is 0 Å². The van der Waals surface area contributed by atoms with E-state index in [4.69, 9.17) is 4.74 Å². The summed E-state index contributed by atoms with van der Waals surface area (Å²) in [5.41, 5.74) is 2.00. The number of methoxy groups -OCH3 is 1. The van der Waals surface area contributed by atoms with Gasteiger partial charge >= 0.3 is 0 Å². The molecule has 0 aliphatic carbocycles. The minimum absolute atomic E-state index is 0.211. The Labute approximate surface area is 121 Å². The molecule has 0 bridgehead atoms. The van der Waals surface area contributed by atoms with Crippen molar-refractivity contribution >= 4 is 11.6 Å². The molecule has 0 saturated carbocycles. The molecule has 0 aliphatic rings. The van der Waals surface area contributed by atoms with Crippen molar-refractivity contribution in [1.29, 1.82) is 0 Å². The first-order chi connectivity index (χ1) is 10.3. The molecular weight excluding hydrogens is 268 g/mol. The van der Waals surface area contributed by atoms with Crippen molar-refractivity contribution < 1.29 is 9.53 Å². The summed E-state index contributed by atoms with van der Waals surface area (Å²) >= 11 is 0. The van der Waals surface area contributed by atoms with Crippen LogP contribution in [-0.4, -0.2) is 27.6 Å². The molecule has 2 aromatic heterocycles. The first-order valence-corrected chi connectivity index (χ1v) is 6.48. The minimum Gasteiger partial charge on any atom is -0.496 e. The van der Waals surface area contributed by atoms with Gasteiger partial charge in [-0.1, -0.05) is 18.2 Å². The zero-order chi connectivity index (χ0) is 14.7. The predicted molar refractivity (Wildman–Crippen MR) is 77.2 cm³/mol. The number of carbonyl (C=O) groups is 1. The van der Waals surface area contributed by atoms with E-state index in [0.29, 0.717) is 17.9 Å². The van der Waals surface area contributed by atoms with Crippen molar-refractivity contribution in [2.24, 2.45) is 0 Å². The van der Waals surface area contributed by atoms with Crippen molar-refractivity contribution in [3.05, 3.63) is 60.0 Å². The third-order valence-electron chi connectivity index (χ3n) is 3.15. The predicted octanol–water partition coefficient (Wildman–Crippen LogP) is 1.67. The van der Waals surface area contributed by atoms with Gasteiger partial charge in [0, 0.05) is 24.4 Å². The van der Waals surface area contributed by atoms with Crippen LogP contribution < -0.4 is 10.1 Å². The van der Waals surface area contributed by atoms with Gasteiger partial charge in [-0.15, -0.1) is 0 Å². The molecule has 0 saturated heterocycles. The smallest absolute Gasteiger partial charge is 0.270 e. The van der Waals surface area contributed by atoms with E-state index >= 15 is 0 Å². The molecule has 1 aromatic carbocycles. The number of hydrogen-bond acceptors (Lipinski definition) is 4. The van der Waals surface area contributed by atoms with E-state index in [1.807, 2.05) is 24.3 Å². The first-order valence-electron chi connectivity index (χ1n) is 6.48. The van der Waals surface area contributed by atoms with Crippen LogP contribution in [-0.2, 0) is 6.54 Å². The fraction of sp³-hybridized carbons (Fsp3) is 0.133. The summed E-state index contributed by atoms with van der Waals surface area (Å²) in [5, 5.41) is 6.96. The fourth-order valence-corrected chi connectivity index (χ4v) is 2.12. The van der Waals surface area contributed by atoms with Gasteiger partial charge in [-0.05, 0) is 12.1 Å². The molecule has 0 atom stereocenters. The van der Waals surface area contributed by atoms with Crippen LogP contribution in [0, 0.1) is 0 Å². The van der Waals surface area contributed by atoms with Crippen molar-refractivity contribution in [3.8, 4) is 5.75 Å². The lowest BCUT2D eigenvalue weighted by Gasteiger charge is -2.10. The Balaban J connectivity index is 1.79. The average Bonchev–Trinajstić information content (AvgIpc) is 3.01. The van der Waals surface area contributed by atoms with E-state index in [-0.39, 0.29) is 5.91 Å². The maximum absolute atomic E-state index is 12.3. The second-order valence-corrected chi connectivity index (χ2v) is 4.43. The number of para-hydroxylation sites is 1. The fourth-order valence-electron chi connectivity index (χ4n) is 2.12. The van der Waals surface area contributed by atoms with Gasteiger partial charge in [-0.3, -0.25) is 4.79 Å². The lowest BCUT2D eigenvalue weighted by atomic mass is 10.2. The number of nitrogens with one attached hydrogen (secondary N) is 1. The molecule has 3 aromatic rings. The number of carbonyl (C=O) groups excluding carboxylic acids is 1. The zero-order valence-corrected chi connectivity index (χ0v) is 11.5. The Morgan fingerprint density at radius 1 is 1.24 bits per heavy atom. The van der Waals surface area contributed by atoms with Gasteiger partial charge in [-0.2, -0.15) is 5.10 Å². The van der Waals surface area contributed by atoms with Crippen LogP contribution in [0.5, 0.6) is 5.75 Å². The van der Waals surface area contributed by atoms with E-state index in [9.17, 15) is 4.79 Å². The molecule has 1 N–H and O–H groups in total. The number of rotatable bonds is 4. The Morgan fingerprint density at radius 3 is 2.95 bits per heavy atom. The van der Waals surface area contributed by atoms with Gasteiger partial charge < -0.3 is 10.1 Å². The second-order valence-electron chi connectivity index (χ2n) is 4.43. The summed E-state index contributed by atoms with van der Waals surface area (Å²) in [6, 6.07) is 11.0. The Morgan fingerprint density at radius 2 is 2.10 bits per heavy atom. The molecule has 6 heteroatoms. The standard InChI is InChI=1S/C15H14N4O2/c1-21-13-5-3-2-4-11(13)10-17-15(20)12-6-8-16-14-7-9-18-19(12)14/h2-9H,10H2,1H3,(H,17,20). The van der Waals surface area contributed by atoms with Crippen LogP contribution in [0.15, 0.2) is 48.8 Å². The van der Waals surface area contributed by atoms with Crippen molar-refractivity contribution in [1.82, 2.24) is 19.9 Å². The molecule has 0 radical (unpaired) electrons. The van der Waals surface area contributed by atoms with Crippen LogP contribution in [0.4, 0.5) is 0 Å². The van der Waals surface area contributed by atoms with E-state index in [2.05, 4.69) is 15.4 Å². The number of nitrogens with zero attached hydrogens (tertiary/aromatic N) is 3. The number of benzene rings is 1. The highest BCUT2D eigenvalue weighted by atomic mass is 16.5. The van der Waals surface area contributed by atoms with Gasteiger partial charge in [0.15, 0.2) is 5.65 Å². The first kappa shape index (κ1) is 13.1. The maximum Gasteiger partial charge on any atom is 0.270 e. The highest BCUT2D eigenvalue weighted by molar-refractivity contribution is 5.92. The molecule has 0 unspecified atom stereocenters. The highest BCUT2D eigenvalue weighted by Gasteiger charge is 2.11. The normalized spacial score (nSPS) is 10.5. The SMILES string of the molecule is COc1ccccc1CNC(=O)c1ccnc2ccnn12. The van der Waals surface area contributed by atoms with Gasteiger partial charge in [0.1, 0.15) is 11.4 Å². The van der Waals surface area contributed by atoms with Gasteiger partial charge in [0.2, 0.25) is 0 Å². The van der Waals surface area contributed by atoms with Gasteiger partial charge in [0.25, 0.3) is 5.91 Å². The number of fused-ring (bicyclic) bond motifs is 1. The molecule has 6 nitrogen and oxygen atoms in total. The molecule has 0 spiro atoms. The van der Waals surface area contributed by atoms with Crippen LogP contribution in [0.2, 0.25) is 0 Å². The largest absolute Gasteiger partial charge is 0.496 e. The minimum atomic E-state index is -0.211. The Kier molecular flexibility index (Phi) is 3.51. The van der Waals surface area contributed by atoms with Crippen LogP contribution in [0.3, 0.4) is 0 Å². The topological polar surface area (TPSA) is 68.5 Å². The van der Waals surface area contributed by atoms with E-state index in [0.717, 1.165) is 11.3 Å². The second kappa shape index (κ2) is 5.62. The lowest BCUT2D eigenvalue weighted by Crippen LogP contribution is -2.25. The summed E-state index contributed by atoms with van der Waals surface area (Å²) < 4.78 is 6.77. The van der Waals surface area contributed by atoms with Gasteiger partial charge in [-0.25, -0.2) is 9.50 Å². The molecule has 21 heavy (non-hydrogen) atoms. The molecule has 1 amide bonds. The van der Waals surface area contributed by atoms with E-state index in [1.165, 1.54) is 4.52 Å². The number of amides is 1. The summed E-state index contributed by atoms with van der Waals surface area (Å²) in [6.45, 7) is 0.383. The summed E-state index contributed by atoms with van der Waals surface area (Å²) in [6.07, 6.45) is 3.20. The third kappa shape index (κ3) is 2.55. The molecular formula is C15H14N4O2. The van der Waals surface area contributed by atoms with E-state index in [1.54, 1.807) is 31.6 Å². The summed E-state index contributed by atoms with van der Waals surface area (Å²) in [7, 11) is 1.61. The monoisotopic (exact) mass is 282 g/mol. The van der Waals surface area contributed by atoms with Crippen LogP contribution in [0.1, 0.15) is 16.1 Å². The Hall–Kier alpha value is -2.89. The van der Waals surface area contributed by atoms with Gasteiger partial charge in [0.05, 0.1) is 13.3 Å². The third-order valence-corrected chi connectivity index (χ3v) is 3.15. The molecule has 106 valence electrons. The van der Waals surface area contributed by atoms with Crippen molar-refractivity contribution in [2.45, 2.75) is 6.54 Å². The highest BCUT2D eigenvalue weighted by Crippen LogP contribution is 2.16. The molecule has 2 heterocycles. The maximum atomic E-state index is 12.3. The zero-order valence-electron chi connectivity index (χ0n) is 11.5. The Bertz CT molecular complexity index is 782. The molecule has 3 rings (SSSR count).